The lowest BCUT2D eigenvalue weighted by Gasteiger charge is -2.05. The number of aliphatic imine (C=N–C) groups is 1. The van der Waals surface area contributed by atoms with Crippen LogP contribution in [-0.4, -0.2) is 6.21 Å². The Balaban J connectivity index is 2.66. The summed E-state index contributed by atoms with van der Waals surface area (Å²) in [7, 11) is 0. The largest absolute Gasteiger partial charge is 0.399 e. The van der Waals surface area contributed by atoms with Crippen LogP contribution in [0.3, 0.4) is 0 Å². The summed E-state index contributed by atoms with van der Waals surface area (Å²) in [5, 5.41) is 3.74. The van der Waals surface area contributed by atoms with Crippen molar-refractivity contribution in [2.45, 2.75) is 27.2 Å². The first-order valence-corrected chi connectivity index (χ1v) is 7.26. The van der Waals surface area contributed by atoms with Gasteiger partial charge in [0.2, 0.25) is 0 Å². The molecule has 0 spiro atoms. The van der Waals surface area contributed by atoms with Gasteiger partial charge >= 0.3 is 0 Å². The van der Waals surface area contributed by atoms with Crippen molar-refractivity contribution < 1.29 is 0 Å². The highest BCUT2D eigenvalue weighted by Crippen LogP contribution is 2.14. The smallest absolute Gasteiger partial charge is 0.125 e. The van der Waals surface area contributed by atoms with Gasteiger partial charge in [-0.1, -0.05) is 24.6 Å². The van der Waals surface area contributed by atoms with Gasteiger partial charge in [-0.3, -0.25) is 0 Å². The molecule has 0 bridgehead atoms. The lowest BCUT2D eigenvalue weighted by Crippen LogP contribution is -1.92. The van der Waals surface area contributed by atoms with Crippen molar-refractivity contribution in [3.05, 3.63) is 58.9 Å². The van der Waals surface area contributed by atoms with Crippen molar-refractivity contribution in [1.82, 2.24) is 0 Å². The molecule has 3 N–H and O–H groups in total. The zero-order valence-electron chi connectivity index (χ0n) is 12.7. The number of nitrogens with two attached hydrogens (primary N) is 1. The molecule has 3 nitrogen and oxygen atoms in total. The van der Waals surface area contributed by atoms with Crippen molar-refractivity contribution in [3.63, 3.8) is 0 Å². The molecule has 21 heavy (non-hydrogen) atoms. The van der Waals surface area contributed by atoms with Crippen LogP contribution in [-0.2, 0) is 0 Å². The predicted molar refractivity (Wildman–Crippen MR) is 94.7 cm³/mol. The van der Waals surface area contributed by atoms with E-state index in [1.54, 1.807) is 6.21 Å². The molecule has 0 aromatic heterocycles. The molecule has 0 aliphatic carbocycles. The number of nitrogens with one attached hydrogen (secondary N) is 1. The summed E-state index contributed by atoms with van der Waals surface area (Å²) in [6, 6.07) is 7.63. The lowest BCUT2D eigenvalue weighted by molar-refractivity contribution is 1.20. The van der Waals surface area contributed by atoms with E-state index in [9.17, 15) is 0 Å². The SMILES string of the molecule is CC/C=C(Cl)/N=C/C=C(C)/C(C)=C/Nc1cccc(N)c1. The summed E-state index contributed by atoms with van der Waals surface area (Å²) < 4.78 is 0. The summed E-state index contributed by atoms with van der Waals surface area (Å²) >= 11 is 5.90. The molecule has 0 saturated heterocycles. The Labute approximate surface area is 131 Å². The van der Waals surface area contributed by atoms with Crippen LogP contribution in [0.15, 0.2) is 63.9 Å². The third kappa shape index (κ3) is 6.82. The van der Waals surface area contributed by atoms with E-state index in [0.717, 1.165) is 28.9 Å². The average molecular weight is 304 g/mol. The molecule has 0 fully saturated rings. The fourth-order valence-corrected chi connectivity index (χ4v) is 1.72. The highest BCUT2D eigenvalue weighted by molar-refractivity contribution is 6.29. The van der Waals surface area contributed by atoms with E-state index in [1.165, 1.54) is 0 Å². The molecular formula is C17H22ClN3. The molecular weight excluding hydrogens is 282 g/mol. The Morgan fingerprint density at radius 1 is 1.33 bits per heavy atom. The van der Waals surface area contributed by atoms with Crippen molar-refractivity contribution in [1.29, 1.82) is 0 Å². The third-order valence-corrected chi connectivity index (χ3v) is 3.11. The molecule has 0 aliphatic heterocycles. The van der Waals surface area contributed by atoms with E-state index < -0.39 is 0 Å². The maximum atomic E-state index is 5.90. The van der Waals surface area contributed by atoms with Crippen LogP contribution in [0.4, 0.5) is 11.4 Å². The van der Waals surface area contributed by atoms with Gasteiger partial charge in [-0.2, -0.15) is 0 Å². The fourth-order valence-electron chi connectivity index (χ4n) is 1.51. The normalized spacial score (nSPS) is 13.8. The highest BCUT2D eigenvalue weighted by atomic mass is 35.5. The van der Waals surface area contributed by atoms with Crippen LogP contribution in [0.2, 0.25) is 0 Å². The summed E-state index contributed by atoms with van der Waals surface area (Å²) in [5.74, 6) is 0. The molecule has 1 aromatic rings. The second-order valence-electron chi connectivity index (χ2n) is 4.66. The van der Waals surface area contributed by atoms with Crippen molar-refractivity contribution in [2.75, 3.05) is 11.1 Å². The van der Waals surface area contributed by atoms with Gasteiger partial charge in [0.1, 0.15) is 5.16 Å². The molecule has 4 heteroatoms. The first kappa shape index (κ1) is 17.1. The maximum Gasteiger partial charge on any atom is 0.125 e. The average Bonchev–Trinajstić information content (AvgIpc) is 2.45. The lowest BCUT2D eigenvalue weighted by atomic mass is 10.1. The first-order chi connectivity index (χ1) is 10.0. The Morgan fingerprint density at radius 3 is 2.76 bits per heavy atom. The minimum absolute atomic E-state index is 0.515. The number of hydrogen-bond acceptors (Lipinski definition) is 3. The van der Waals surface area contributed by atoms with Gasteiger partial charge in [-0.15, -0.1) is 0 Å². The van der Waals surface area contributed by atoms with E-state index in [-0.39, 0.29) is 0 Å². The van der Waals surface area contributed by atoms with Gasteiger partial charge in [0.05, 0.1) is 0 Å². The molecule has 112 valence electrons. The molecule has 1 rings (SSSR count). The van der Waals surface area contributed by atoms with Crippen LogP contribution in [0.1, 0.15) is 27.2 Å². The fraction of sp³-hybridized carbons (Fsp3) is 0.235. The van der Waals surface area contributed by atoms with Gasteiger partial charge in [0.25, 0.3) is 0 Å². The van der Waals surface area contributed by atoms with Gasteiger partial charge < -0.3 is 11.1 Å². The summed E-state index contributed by atoms with van der Waals surface area (Å²) in [4.78, 5) is 4.13. The van der Waals surface area contributed by atoms with Crippen LogP contribution in [0, 0.1) is 0 Å². The van der Waals surface area contributed by atoms with Gasteiger partial charge in [-0.05, 0) is 61.8 Å². The Morgan fingerprint density at radius 2 is 2.10 bits per heavy atom. The standard InChI is InChI=1S/C17H22ClN3/c1-4-6-17(18)20-10-9-13(2)14(3)12-21-16-8-5-7-15(19)11-16/h5-12,21H,4,19H2,1-3H3/b13-9+,14-12+,17-6+,20-10+. The summed E-state index contributed by atoms with van der Waals surface area (Å²) in [6.45, 7) is 6.08. The Bertz CT molecular complexity index is 583. The second kappa shape index (κ2) is 9.03. The molecule has 0 atom stereocenters. The first-order valence-electron chi connectivity index (χ1n) is 6.88. The van der Waals surface area contributed by atoms with E-state index >= 15 is 0 Å². The molecule has 1 aromatic carbocycles. The number of hydrogen-bond donors (Lipinski definition) is 2. The predicted octanol–water partition coefficient (Wildman–Crippen LogP) is 5.09. The number of anilines is 2. The van der Waals surface area contributed by atoms with E-state index in [2.05, 4.69) is 10.3 Å². The van der Waals surface area contributed by atoms with Crippen molar-refractivity contribution >= 4 is 29.2 Å². The zero-order valence-corrected chi connectivity index (χ0v) is 13.5. The van der Waals surface area contributed by atoms with E-state index in [4.69, 9.17) is 17.3 Å². The topological polar surface area (TPSA) is 50.4 Å². The molecule has 0 saturated carbocycles. The van der Waals surface area contributed by atoms with Crippen molar-refractivity contribution in [3.8, 4) is 0 Å². The number of rotatable bonds is 6. The maximum absolute atomic E-state index is 5.90. The number of benzene rings is 1. The summed E-state index contributed by atoms with van der Waals surface area (Å²) in [6.07, 6.45) is 8.32. The number of nitrogen functional groups attached to an aromatic ring is 1. The molecule has 0 heterocycles. The van der Waals surface area contributed by atoms with E-state index in [1.807, 2.05) is 63.4 Å². The number of halogens is 1. The molecule has 0 amide bonds. The number of allylic oxidation sites excluding steroid dienone is 4. The molecule has 0 radical (unpaired) electrons. The zero-order chi connectivity index (χ0) is 15.7. The second-order valence-corrected chi connectivity index (χ2v) is 5.05. The van der Waals surface area contributed by atoms with Crippen LogP contribution < -0.4 is 11.1 Å². The van der Waals surface area contributed by atoms with Gasteiger partial charge in [-0.25, -0.2) is 4.99 Å². The Kier molecular flexibility index (Phi) is 7.33. The van der Waals surface area contributed by atoms with Crippen LogP contribution in [0.25, 0.3) is 0 Å². The summed E-state index contributed by atoms with van der Waals surface area (Å²) in [5.41, 5.74) is 9.66. The highest BCUT2D eigenvalue weighted by Gasteiger charge is 1.93. The quantitative estimate of drug-likeness (QED) is 0.333. The van der Waals surface area contributed by atoms with E-state index in [0.29, 0.717) is 5.16 Å². The van der Waals surface area contributed by atoms with Crippen molar-refractivity contribution in [2.24, 2.45) is 4.99 Å². The monoisotopic (exact) mass is 303 g/mol. The number of nitrogens with zero attached hydrogens (tertiary/aromatic N) is 1. The van der Waals surface area contributed by atoms with Crippen LogP contribution in [0.5, 0.6) is 0 Å². The molecule has 0 unspecified atom stereocenters. The Hall–Kier alpha value is -2.00. The minimum Gasteiger partial charge on any atom is -0.399 e. The minimum atomic E-state index is 0.515. The van der Waals surface area contributed by atoms with Gasteiger partial charge in [0.15, 0.2) is 0 Å². The third-order valence-electron chi connectivity index (χ3n) is 2.86. The van der Waals surface area contributed by atoms with Crippen LogP contribution >= 0.6 is 11.6 Å². The van der Waals surface area contributed by atoms with Gasteiger partial charge in [0, 0.05) is 23.8 Å². The molecule has 0 aliphatic rings.